The van der Waals surface area contributed by atoms with Crippen molar-refractivity contribution in [3.8, 4) is 0 Å². The number of likely N-dealkylation sites (N-methyl/N-ethyl adjacent to an activating group) is 1. The summed E-state index contributed by atoms with van der Waals surface area (Å²) in [6.07, 6.45) is 0. The molecule has 0 aromatic heterocycles. The maximum absolute atomic E-state index is 12.5. The van der Waals surface area contributed by atoms with Gasteiger partial charge in [0.05, 0.1) is 6.54 Å². The van der Waals surface area contributed by atoms with Gasteiger partial charge in [0, 0.05) is 50.5 Å². The predicted molar refractivity (Wildman–Crippen MR) is 91.1 cm³/mol. The van der Waals surface area contributed by atoms with Crippen LogP contribution in [0.3, 0.4) is 0 Å². The van der Waals surface area contributed by atoms with Crippen molar-refractivity contribution >= 4 is 17.5 Å². The third-order valence-electron chi connectivity index (χ3n) is 4.27. The number of nitrogens with zero attached hydrogens (tertiary/aromatic N) is 3. The zero-order chi connectivity index (χ0) is 16.8. The van der Waals surface area contributed by atoms with E-state index in [0.717, 1.165) is 26.2 Å². The lowest BCUT2D eigenvalue weighted by Crippen LogP contribution is -2.51. The first-order valence-electron chi connectivity index (χ1n) is 8.20. The van der Waals surface area contributed by atoms with Gasteiger partial charge in [0.25, 0.3) is 5.91 Å². The van der Waals surface area contributed by atoms with Crippen molar-refractivity contribution in [2.75, 3.05) is 51.5 Å². The van der Waals surface area contributed by atoms with Crippen LogP contribution in [-0.4, -0.2) is 72.3 Å². The highest BCUT2D eigenvalue weighted by atomic mass is 16.2. The van der Waals surface area contributed by atoms with Crippen molar-refractivity contribution in [3.05, 3.63) is 29.8 Å². The Balaban J connectivity index is 1.86. The van der Waals surface area contributed by atoms with Crippen LogP contribution in [-0.2, 0) is 4.79 Å². The first-order valence-corrected chi connectivity index (χ1v) is 8.20. The highest BCUT2D eigenvalue weighted by Gasteiger charge is 2.24. The van der Waals surface area contributed by atoms with Crippen LogP contribution in [0.2, 0.25) is 0 Å². The summed E-state index contributed by atoms with van der Waals surface area (Å²) in [4.78, 5) is 30.4. The molecule has 1 aliphatic heterocycles. The van der Waals surface area contributed by atoms with E-state index in [0.29, 0.717) is 30.9 Å². The van der Waals surface area contributed by atoms with E-state index in [2.05, 4.69) is 4.90 Å². The van der Waals surface area contributed by atoms with Crippen LogP contribution in [0.1, 0.15) is 24.2 Å². The number of carbonyl (C=O) groups excluding carboxylic acids is 2. The van der Waals surface area contributed by atoms with Gasteiger partial charge < -0.3 is 15.5 Å². The molecule has 0 bridgehead atoms. The molecule has 1 aromatic rings. The Labute approximate surface area is 137 Å². The highest BCUT2D eigenvalue weighted by molar-refractivity contribution is 5.95. The third-order valence-corrected chi connectivity index (χ3v) is 4.27. The molecule has 1 heterocycles. The highest BCUT2D eigenvalue weighted by Crippen LogP contribution is 2.12. The molecule has 1 fully saturated rings. The van der Waals surface area contributed by atoms with Crippen LogP contribution in [0, 0.1) is 0 Å². The number of benzene rings is 1. The fourth-order valence-corrected chi connectivity index (χ4v) is 2.83. The lowest BCUT2D eigenvalue weighted by atomic mass is 10.1. The fourth-order valence-electron chi connectivity index (χ4n) is 2.83. The average molecular weight is 318 g/mol. The molecule has 0 radical (unpaired) electrons. The minimum Gasteiger partial charge on any atom is -0.399 e. The van der Waals surface area contributed by atoms with E-state index < -0.39 is 0 Å². The third kappa shape index (κ3) is 4.45. The number of hydrogen-bond acceptors (Lipinski definition) is 4. The first kappa shape index (κ1) is 17.3. The van der Waals surface area contributed by atoms with E-state index in [1.165, 1.54) is 0 Å². The zero-order valence-corrected chi connectivity index (χ0v) is 14.0. The van der Waals surface area contributed by atoms with E-state index in [1.54, 1.807) is 24.3 Å². The monoisotopic (exact) mass is 318 g/mol. The molecule has 0 unspecified atom stereocenters. The molecule has 6 nitrogen and oxygen atoms in total. The van der Waals surface area contributed by atoms with Gasteiger partial charge in [-0.05, 0) is 32.0 Å². The molecule has 1 aliphatic rings. The Bertz CT molecular complexity index is 549. The molecule has 0 atom stereocenters. The molecule has 6 heteroatoms. The standard InChI is InChI=1S/C17H26N4O2/c1-3-20(4-2)16(22)13-19-8-10-21(11-9-19)17(23)14-6-5-7-15(18)12-14/h5-7,12H,3-4,8-11,13,18H2,1-2H3. The number of hydrogen-bond donors (Lipinski definition) is 1. The first-order chi connectivity index (χ1) is 11.0. The van der Waals surface area contributed by atoms with E-state index in [1.807, 2.05) is 23.6 Å². The van der Waals surface area contributed by atoms with Gasteiger partial charge in [-0.25, -0.2) is 0 Å². The van der Waals surface area contributed by atoms with E-state index in [4.69, 9.17) is 5.73 Å². The number of carbonyl (C=O) groups is 2. The Morgan fingerprint density at radius 2 is 1.78 bits per heavy atom. The fraction of sp³-hybridized carbons (Fsp3) is 0.529. The van der Waals surface area contributed by atoms with Crippen molar-refractivity contribution in [2.45, 2.75) is 13.8 Å². The molecule has 1 aromatic carbocycles. The van der Waals surface area contributed by atoms with E-state index in [9.17, 15) is 9.59 Å². The molecule has 0 saturated carbocycles. The number of piperazine rings is 1. The Kier molecular flexibility index (Phi) is 5.98. The van der Waals surface area contributed by atoms with Crippen molar-refractivity contribution in [2.24, 2.45) is 0 Å². The summed E-state index contributed by atoms with van der Waals surface area (Å²) >= 11 is 0. The van der Waals surface area contributed by atoms with Gasteiger partial charge in [-0.1, -0.05) is 6.07 Å². The average Bonchev–Trinajstić information content (AvgIpc) is 2.56. The van der Waals surface area contributed by atoms with Gasteiger partial charge in [-0.15, -0.1) is 0 Å². The molecule has 126 valence electrons. The Hall–Kier alpha value is -2.08. The van der Waals surface area contributed by atoms with Crippen LogP contribution >= 0.6 is 0 Å². The second-order valence-electron chi connectivity index (χ2n) is 5.76. The van der Waals surface area contributed by atoms with Gasteiger partial charge in [-0.2, -0.15) is 0 Å². The molecule has 0 spiro atoms. The summed E-state index contributed by atoms with van der Waals surface area (Å²) in [5.74, 6) is 0.164. The number of amides is 2. The van der Waals surface area contributed by atoms with Gasteiger partial charge in [0.15, 0.2) is 0 Å². The maximum Gasteiger partial charge on any atom is 0.254 e. The normalized spacial score (nSPS) is 15.5. The second-order valence-corrected chi connectivity index (χ2v) is 5.76. The largest absolute Gasteiger partial charge is 0.399 e. The summed E-state index contributed by atoms with van der Waals surface area (Å²) in [6, 6.07) is 7.06. The molecule has 23 heavy (non-hydrogen) atoms. The van der Waals surface area contributed by atoms with Crippen molar-refractivity contribution in [1.29, 1.82) is 0 Å². The number of nitrogen functional groups attached to an aromatic ring is 1. The molecule has 2 N–H and O–H groups in total. The van der Waals surface area contributed by atoms with Gasteiger partial charge in [0.1, 0.15) is 0 Å². The zero-order valence-electron chi connectivity index (χ0n) is 14.0. The minimum absolute atomic E-state index is 0.00650. The lowest BCUT2D eigenvalue weighted by molar-refractivity contribution is -0.132. The van der Waals surface area contributed by atoms with Crippen LogP contribution in [0.5, 0.6) is 0 Å². The topological polar surface area (TPSA) is 69.9 Å². The summed E-state index contributed by atoms with van der Waals surface area (Å²) < 4.78 is 0. The molecule has 2 rings (SSSR count). The Morgan fingerprint density at radius 1 is 1.13 bits per heavy atom. The van der Waals surface area contributed by atoms with Crippen LogP contribution in [0.25, 0.3) is 0 Å². The molecule has 1 saturated heterocycles. The number of rotatable bonds is 5. The summed E-state index contributed by atoms with van der Waals surface area (Å²) in [5.41, 5.74) is 6.96. The van der Waals surface area contributed by atoms with Crippen LogP contribution in [0.15, 0.2) is 24.3 Å². The van der Waals surface area contributed by atoms with Crippen LogP contribution < -0.4 is 5.73 Å². The SMILES string of the molecule is CCN(CC)C(=O)CN1CCN(C(=O)c2cccc(N)c2)CC1. The lowest BCUT2D eigenvalue weighted by Gasteiger charge is -2.35. The molecular formula is C17H26N4O2. The molecule has 2 amide bonds. The van der Waals surface area contributed by atoms with E-state index in [-0.39, 0.29) is 11.8 Å². The van der Waals surface area contributed by atoms with Gasteiger partial charge >= 0.3 is 0 Å². The van der Waals surface area contributed by atoms with Gasteiger partial charge in [0.2, 0.25) is 5.91 Å². The summed E-state index contributed by atoms with van der Waals surface area (Å²) in [6.45, 7) is 8.61. The summed E-state index contributed by atoms with van der Waals surface area (Å²) in [7, 11) is 0. The van der Waals surface area contributed by atoms with E-state index >= 15 is 0 Å². The maximum atomic E-state index is 12.5. The smallest absolute Gasteiger partial charge is 0.254 e. The predicted octanol–water partition coefficient (Wildman–Crippen LogP) is 0.895. The summed E-state index contributed by atoms with van der Waals surface area (Å²) in [5, 5.41) is 0. The van der Waals surface area contributed by atoms with Crippen molar-refractivity contribution in [1.82, 2.24) is 14.7 Å². The molecule has 0 aliphatic carbocycles. The Morgan fingerprint density at radius 3 is 2.35 bits per heavy atom. The minimum atomic E-state index is 0.00650. The number of nitrogens with two attached hydrogens (primary N) is 1. The second kappa shape index (κ2) is 7.97. The number of anilines is 1. The van der Waals surface area contributed by atoms with Crippen LogP contribution in [0.4, 0.5) is 5.69 Å². The van der Waals surface area contributed by atoms with Gasteiger partial charge in [-0.3, -0.25) is 14.5 Å². The van der Waals surface area contributed by atoms with Crippen molar-refractivity contribution < 1.29 is 9.59 Å². The molecular weight excluding hydrogens is 292 g/mol. The quantitative estimate of drug-likeness (QED) is 0.819. The van der Waals surface area contributed by atoms with Crippen molar-refractivity contribution in [3.63, 3.8) is 0 Å².